The van der Waals surface area contributed by atoms with Crippen LogP contribution in [0.3, 0.4) is 0 Å². The molecule has 16 nitrogen and oxygen atoms in total. The second-order valence-electron chi connectivity index (χ2n) is 10.4. The van der Waals surface area contributed by atoms with Gasteiger partial charge in [-0.3, -0.25) is 4.79 Å². The summed E-state index contributed by atoms with van der Waals surface area (Å²) in [6.45, 7) is 0.643. The normalized spacial score (nSPS) is 32.5. The zero-order valence-corrected chi connectivity index (χ0v) is 23.3. The van der Waals surface area contributed by atoms with Crippen LogP contribution in [-0.4, -0.2) is 121 Å². The Bertz CT molecular complexity index is 1560. The third-order valence-corrected chi connectivity index (χ3v) is 7.54. The predicted molar refractivity (Wildman–Crippen MR) is 145 cm³/mol. The first-order chi connectivity index (χ1) is 20.9. The molecule has 16 heteroatoms. The van der Waals surface area contributed by atoms with Gasteiger partial charge in [-0.1, -0.05) is 0 Å². The van der Waals surface area contributed by atoms with Gasteiger partial charge in [0.15, 0.2) is 29.7 Å². The highest BCUT2D eigenvalue weighted by atomic mass is 16.8. The summed E-state index contributed by atoms with van der Waals surface area (Å²) in [5, 5.41) is 92.5. The summed E-state index contributed by atoms with van der Waals surface area (Å²) in [7, 11) is 1.33. The second-order valence-corrected chi connectivity index (χ2v) is 10.4. The lowest BCUT2D eigenvalue weighted by Crippen LogP contribution is -2.64. The Morgan fingerprint density at radius 2 is 1.57 bits per heavy atom. The van der Waals surface area contributed by atoms with Crippen molar-refractivity contribution < 1.29 is 74.1 Å². The number of aliphatic hydroxyl groups is 6. The Kier molecular flexibility index (Phi) is 8.90. The maximum Gasteiger partial charge on any atom is 0.238 e. The molecule has 2 fully saturated rings. The van der Waals surface area contributed by atoms with Crippen LogP contribution < -0.4 is 14.9 Å². The monoisotopic (exact) mass is 624 g/mol. The molecule has 0 saturated carbocycles. The molecule has 0 aliphatic carbocycles. The number of aliphatic hydroxyl groups excluding tert-OH is 6. The number of hydrogen-bond donors (Lipinski definition) is 9. The van der Waals surface area contributed by atoms with Gasteiger partial charge >= 0.3 is 0 Å². The van der Waals surface area contributed by atoms with Crippen molar-refractivity contribution in [3.63, 3.8) is 0 Å². The van der Waals surface area contributed by atoms with Gasteiger partial charge in [-0.25, -0.2) is 0 Å². The minimum absolute atomic E-state index is 0.0881. The molecule has 9 N–H and O–H groups in total. The number of aromatic hydroxyl groups is 3. The van der Waals surface area contributed by atoms with E-state index in [1.807, 2.05) is 0 Å². The van der Waals surface area contributed by atoms with Crippen molar-refractivity contribution in [2.24, 2.45) is 0 Å². The van der Waals surface area contributed by atoms with E-state index in [1.54, 1.807) is 0 Å². The molecular formula is C28H32O16. The Morgan fingerprint density at radius 1 is 0.841 bits per heavy atom. The molecule has 2 aliphatic rings. The van der Waals surface area contributed by atoms with Crippen molar-refractivity contribution in [2.45, 2.75) is 68.3 Å². The number of ether oxygens (including phenoxy) is 5. The Labute approximate surface area is 248 Å². The zero-order valence-electron chi connectivity index (χ0n) is 23.3. The summed E-state index contributed by atoms with van der Waals surface area (Å²) in [6.07, 6.45) is -15.8. The number of benzene rings is 2. The van der Waals surface area contributed by atoms with Crippen LogP contribution in [0.5, 0.6) is 28.7 Å². The van der Waals surface area contributed by atoms with Crippen LogP contribution in [0, 0.1) is 0 Å². The highest BCUT2D eigenvalue weighted by molar-refractivity contribution is 5.88. The Hall–Kier alpha value is -3.71. The minimum Gasteiger partial charge on any atom is -0.507 e. The highest BCUT2D eigenvalue weighted by Crippen LogP contribution is 2.39. The Morgan fingerprint density at radius 3 is 2.23 bits per heavy atom. The molecule has 0 bridgehead atoms. The van der Waals surface area contributed by atoms with E-state index in [1.165, 1.54) is 32.2 Å². The Balaban J connectivity index is 1.51. The topological polar surface area (TPSA) is 258 Å². The standard InChI is InChI=1S/C28H32O16/c1-9-18(32)21(35)24(38)27(40-9)44-26-22(36)19(33)16(8-29)43-28(26)41-11-6-13(31)17-15(7-11)42-25(23(37)20(17)34)10-3-4-14(39-2)12(30)5-10/h3-7,9,16,18-19,21-22,24,26-33,35-38H,8H2,1-2H3/t9-,16+,18-,19+,21+,22-,24+,26+,27-,28+/m0/s1. The molecule has 0 unspecified atom stereocenters. The fourth-order valence-electron chi connectivity index (χ4n) is 5.07. The molecule has 240 valence electrons. The van der Waals surface area contributed by atoms with Gasteiger partial charge in [0.2, 0.25) is 17.5 Å². The highest BCUT2D eigenvalue weighted by Gasteiger charge is 2.51. The first kappa shape index (κ1) is 31.7. The summed E-state index contributed by atoms with van der Waals surface area (Å²) in [5.41, 5.74) is -1.20. The lowest BCUT2D eigenvalue weighted by Gasteiger charge is -2.45. The van der Waals surface area contributed by atoms with Crippen molar-refractivity contribution in [3.05, 3.63) is 40.6 Å². The minimum atomic E-state index is -1.81. The van der Waals surface area contributed by atoms with Crippen LogP contribution in [-0.2, 0) is 14.2 Å². The molecule has 3 heterocycles. The van der Waals surface area contributed by atoms with Gasteiger partial charge in [0.05, 0.1) is 19.8 Å². The van der Waals surface area contributed by atoms with E-state index in [2.05, 4.69) is 0 Å². The van der Waals surface area contributed by atoms with Crippen LogP contribution in [0.1, 0.15) is 6.92 Å². The average molecular weight is 625 g/mol. The number of phenolic OH excluding ortho intramolecular Hbond substituents is 2. The van der Waals surface area contributed by atoms with Gasteiger partial charge in [0.1, 0.15) is 59.1 Å². The number of fused-ring (bicyclic) bond motifs is 1. The molecular weight excluding hydrogens is 592 g/mol. The molecule has 2 aromatic carbocycles. The van der Waals surface area contributed by atoms with E-state index in [9.17, 15) is 50.8 Å². The zero-order chi connectivity index (χ0) is 32.0. The summed E-state index contributed by atoms with van der Waals surface area (Å²) >= 11 is 0. The maximum absolute atomic E-state index is 13.0. The quantitative estimate of drug-likeness (QED) is 0.147. The molecule has 1 aromatic heterocycles. The lowest BCUT2D eigenvalue weighted by molar-refractivity contribution is -0.354. The lowest BCUT2D eigenvalue weighted by atomic mass is 9.97. The van der Waals surface area contributed by atoms with Crippen molar-refractivity contribution in [1.82, 2.24) is 0 Å². The molecule has 0 radical (unpaired) electrons. The molecule has 3 aromatic rings. The third kappa shape index (κ3) is 5.63. The fourth-order valence-corrected chi connectivity index (χ4v) is 5.07. The van der Waals surface area contributed by atoms with Gasteiger partial charge in [0.25, 0.3) is 0 Å². The van der Waals surface area contributed by atoms with E-state index in [-0.39, 0.29) is 34.2 Å². The molecule has 44 heavy (non-hydrogen) atoms. The first-order valence-corrected chi connectivity index (χ1v) is 13.4. The number of rotatable bonds is 7. The van der Waals surface area contributed by atoms with Crippen LogP contribution >= 0.6 is 0 Å². The SMILES string of the molecule is COc1ccc(-c2oc3cc(O[C@@H]4O[C@H](CO)[C@@H](O)[C@H](O)[C@H]4O[C@@H]4O[C@@H](C)[C@H](O)[C@@H](O)[C@H]4O)cc(O)c3c(=O)c2O)cc1O. The maximum atomic E-state index is 13.0. The third-order valence-electron chi connectivity index (χ3n) is 7.54. The molecule has 0 spiro atoms. The van der Waals surface area contributed by atoms with Crippen molar-refractivity contribution in [3.8, 4) is 40.1 Å². The van der Waals surface area contributed by atoms with E-state index >= 15 is 0 Å². The fraction of sp³-hybridized carbons (Fsp3) is 0.464. The number of methoxy groups -OCH3 is 1. The average Bonchev–Trinajstić information content (AvgIpc) is 2.99. The van der Waals surface area contributed by atoms with Gasteiger partial charge in [-0.2, -0.15) is 0 Å². The largest absolute Gasteiger partial charge is 0.507 e. The van der Waals surface area contributed by atoms with Crippen molar-refractivity contribution >= 4 is 11.0 Å². The van der Waals surface area contributed by atoms with E-state index in [4.69, 9.17) is 28.1 Å². The summed E-state index contributed by atoms with van der Waals surface area (Å²) in [5.74, 6) is -2.32. The molecule has 2 saturated heterocycles. The summed E-state index contributed by atoms with van der Waals surface area (Å²) in [6, 6.07) is 6.07. The van der Waals surface area contributed by atoms with E-state index in [0.717, 1.165) is 12.1 Å². The van der Waals surface area contributed by atoms with Gasteiger partial charge in [-0.05, 0) is 25.1 Å². The second kappa shape index (κ2) is 12.4. The number of phenols is 2. The molecule has 5 rings (SSSR count). The van der Waals surface area contributed by atoms with Gasteiger partial charge < -0.3 is 74.1 Å². The van der Waals surface area contributed by atoms with Crippen molar-refractivity contribution in [1.29, 1.82) is 0 Å². The van der Waals surface area contributed by atoms with Gasteiger partial charge in [-0.15, -0.1) is 0 Å². The molecule has 10 atom stereocenters. The first-order valence-electron chi connectivity index (χ1n) is 13.4. The molecule has 2 aliphatic heterocycles. The van der Waals surface area contributed by atoms with Gasteiger partial charge in [0, 0.05) is 17.7 Å². The predicted octanol–water partition coefficient (Wildman–Crippen LogP) is -1.38. The van der Waals surface area contributed by atoms with Crippen LogP contribution in [0.25, 0.3) is 22.3 Å². The van der Waals surface area contributed by atoms with E-state index < -0.39 is 90.3 Å². The van der Waals surface area contributed by atoms with Crippen LogP contribution in [0.2, 0.25) is 0 Å². The summed E-state index contributed by atoms with van der Waals surface area (Å²) in [4.78, 5) is 13.0. The van der Waals surface area contributed by atoms with Crippen molar-refractivity contribution in [2.75, 3.05) is 13.7 Å². The van der Waals surface area contributed by atoms with E-state index in [0.29, 0.717) is 0 Å². The number of hydrogen-bond acceptors (Lipinski definition) is 16. The van der Waals surface area contributed by atoms with Crippen LogP contribution in [0.4, 0.5) is 0 Å². The smallest absolute Gasteiger partial charge is 0.238 e. The summed E-state index contributed by atoms with van der Waals surface area (Å²) < 4.78 is 33.2. The molecule has 0 amide bonds. The van der Waals surface area contributed by atoms with Crippen LogP contribution in [0.15, 0.2) is 39.5 Å².